The van der Waals surface area contributed by atoms with Crippen LogP contribution in [0.25, 0.3) is 0 Å². The molecule has 0 saturated carbocycles. The molecule has 1 heterocycles. The van der Waals surface area contributed by atoms with E-state index < -0.39 is 35.7 Å². The minimum Gasteiger partial charge on any atom is -0.302 e. The van der Waals surface area contributed by atoms with Crippen LogP contribution in [0.3, 0.4) is 0 Å². The summed E-state index contributed by atoms with van der Waals surface area (Å²) < 4.78 is 57.6. The highest BCUT2D eigenvalue weighted by Crippen LogP contribution is 2.81. The first-order valence-corrected chi connectivity index (χ1v) is 9.41. The topological polar surface area (TPSA) is 118 Å². The lowest BCUT2D eigenvalue weighted by Gasteiger charge is -2.30. The maximum Gasteiger partial charge on any atom is 0.492 e. The third kappa shape index (κ3) is 4.85. The molecule has 108 valence electrons. The average Bonchev–Trinajstić information content (AvgIpc) is 1.90. The SMILES string of the molecule is CC(C)OP1(=O)OP(=O)(O)OP(=O)(OC(C)C)O1. The Hall–Kier alpha value is 0.450. The van der Waals surface area contributed by atoms with Gasteiger partial charge in [0, 0.05) is 0 Å². The van der Waals surface area contributed by atoms with E-state index in [-0.39, 0.29) is 0 Å². The van der Waals surface area contributed by atoms with Crippen molar-refractivity contribution in [3.63, 3.8) is 0 Å². The number of hydrogen-bond donors (Lipinski definition) is 1. The Morgan fingerprint density at radius 2 is 1.17 bits per heavy atom. The maximum absolute atomic E-state index is 11.9. The molecule has 9 nitrogen and oxygen atoms in total. The van der Waals surface area contributed by atoms with E-state index in [1.165, 1.54) is 27.7 Å². The number of hydrogen-bond acceptors (Lipinski definition) is 8. The van der Waals surface area contributed by atoms with Gasteiger partial charge in [0.15, 0.2) is 0 Å². The van der Waals surface area contributed by atoms with Crippen LogP contribution in [-0.4, -0.2) is 17.1 Å². The monoisotopic (exact) mass is 324 g/mol. The van der Waals surface area contributed by atoms with Gasteiger partial charge in [-0.15, -0.1) is 0 Å². The third-order valence-corrected chi connectivity index (χ3v) is 7.50. The van der Waals surface area contributed by atoms with Crippen LogP contribution in [0.4, 0.5) is 0 Å². The summed E-state index contributed by atoms with van der Waals surface area (Å²) >= 11 is 0. The van der Waals surface area contributed by atoms with Crippen molar-refractivity contribution in [3.8, 4) is 0 Å². The van der Waals surface area contributed by atoms with Crippen molar-refractivity contribution in [1.29, 1.82) is 0 Å². The molecule has 0 spiro atoms. The fourth-order valence-corrected chi connectivity index (χ4v) is 6.83. The molecular weight excluding hydrogens is 309 g/mol. The second kappa shape index (κ2) is 5.44. The van der Waals surface area contributed by atoms with Gasteiger partial charge in [0.2, 0.25) is 0 Å². The summed E-state index contributed by atoms with van der Waals surface area (Å²) in [6, 6.07) is 0. The highest BCUT2D eigenvalue weighted by Gasteiger charge is 2.56. The van der Waals surface area contributed by atoms with Crippen LogP contribution in [0.1, 0.15) is 27.7 Å². The zero-order valence-electron chi connectivity index (χ0n) is 10.2. The van der Waals surface area contributed by atoms with E-state index in [1.807, 2.05) is 0 Å². The van der Waals surface area contributed by atoms with E-state index in [0.717, 1.165) is 0 Å². The van der Waals surface area contributed by atoms with Crippen molar-refractivity contribution in [3.05, 3.63) is 0 Å². The molecule has 0 aromatic heterocycles. The summed E-state index contributed by atoms with van der Waals surface area (Å²) in [6.45, 7) is 5.94. The first-order chi connectivity index (χ1) is 7.95. The lowest BCUT2D eigenvalue weighted by atomic mass is 10.5. The van der Waals surface area contributed by atoms with Crippen molar-refractivity contribution in [2.45, 2.75) is 39.9 Å². The Morgan fingerprint density at radius 1 is 0.833 bits per heavy atom. The lowest BCUT2D eigenvalue weighted by Crippen LogP contribution is -2.13. The molecule has 2 atom stereocenters. The molecule has 0 aliphatic carbocycles. The fourth-order valence-electron chi connectivity index (χ4n) is 1.01. The number of phosphoric acid groups is 3. The Morgan fingerprint density at radius 3 is 1.44 bits per heavy atom. The highest BCUT2D eigenvalue weighted by molar-refractivity contribution is 7.75. The fraction of sp³-hybridized carbons (Fsp3) is 1.00. The Balaban J connectivity index is 3.02. The van der Waals surface area contributed by atoms with Gasteiger partial charge in [0.25, 0.3) is 0 Å². The highest BCUT2D eigenvalue weighted by atomic mass is 31.3. The summed E-state index contributed by atoms with van der Waals surface area (Å²) in [7, 11) is -13.8. The smallest absolute Gasteiger partial charge is 0.302 e. The molecule has 2 unspecified atom stereocenters. The summed E-state index contributed by atoms with van der Waals surface area (Å²) in [6.07, 6.45) is -1.30. The van der Waals surface area contributed by atoms with Crippen LogP contribution in [0.2, 0.25) is 0 Å². The molecule has 1 N–H and O–H groups in total. The van der Waals surface area contributed by atoms with E-state index in [9.17, 15) is 18.6 Å². The molecule has 0 radical (unpaired) electrons. The van der Waals surface area contributed by atoms with E-state index in [0.29, 0.717) is 0 Å². The third-order valence-electron chi connectivity index (χ3n) is 1.29. The van der Waals surface area contributed by atoms with Crippen LogP contribution in [0.15, 0.2) is 0 Å². The van der Waals surface area contributed by atoms with Gasteiger partial charge in [-0.05, 0) is 27.7 Å². The zero-order valence-corrected chi connectivity index (χ0v) is 12.9. The van der Waals surface area contributed by atoms with E-state index in [1.54, 1.807) is 0 Å². The van der Waals surface area contributed by atoms with Crippen molar-refractivity contribution >= 4 is 23.5 Å². The Kier molecular flexibility index (Phi) is 4.99. The molecule has 18 heavy (non-hydrogen) atoms. The Bertz CT molecular complexity index is 408. The predicted molar refractivity (Wildman–Crippen MR) is 60.7 cm³/mol. The predicted octanol–water partition coefficient (Wildman–Crippen LogP) is 3.22. The molecule has 0 amide bonds. The van der Waals surface area contributed by atoms with Gasteiger partial charge in [-0.3, -0.25) is 9.05 Å². The summed E-state index contributed by atoms with van der Waals surface area (Å²) in [4.78, 5) is 9.20. The Labute approximate surface area is 105 Å². The van der Waals surface area contributed by atoms with E-state index in [2.05, 4.69) is 12.9 Å². The van der Waals surface area contributed by atoms with Crippen LogP contribution in [-0.2, 0) is 35.7 Å². The molecule has 0 bridgehead atoms. The van der Waals surface area contributed by atoms with Crippen LogP contribution >= 0.6 is 23.5 Å². The van der Waals surface area contributed by atoms with Gasteiger partial charge in [-0.2, -0.15) is 12.9 Å². The first kappa shape index (κ1) is 16.5. The summed E-state index contributed by atoms with van der Waals surface area (Å²) in [5, 5.41) is 0. The first-order valence-electron chi connectivity index (χ1n) is 4.99. The lowest BCUT2D eigenvalue weighted by molar-refractivity contribution is 0.0914. The molecule has 1 rings (SSSR count). The molecule has 1 saturated heterocycles. The average molecular weight is 324 g/mol. The molecule has 1 aliphatic heterocycles. The number of rotatable bonds is 4. The van der Waals surface area contributed by atoms with Crippen LogP contribution < -0.4 is 0 Å². The zero-order chi connectivity index (χ0) is 14.2. The maximum atomic E-state index is 11.9. The van der Waals surface area contributed by atoms with Crippen molar-refractivity contribution in [2.24, 2.45) is 0 Å². The van der Waals surface area contributed by atoms with Crippen molar-refractivity contribution in [1.82, 2.24) is 0 Å². The largest absolute Gasteiger partial charge is 0.492 e. The van der Waals surface area contributed by atoms with Gasteiger partial charge in [-0.1, -0.05) is 0 Å². The van der Waals surface area contributed by atoms with Crippen molar-refractivity contribution in [2.75, 3.05) is 0 Å². The molecule has 12 heteroatoms. The second-order valence-corrected chi connectivity index (χ2v) is 9.02. The molecule has 1 aliphatic rings. The van der Waals surface area contributed by atoms with Gasteiger partial charge in [-0.25, -0.2) is 13.7 Å². The second-order valence-electron chi connectivity index (χ2n) is 3.92. The standard InChI is InChI=1S/C6H15O9P3/c1-5(2)11-17(9)13-16(7,8)14-18(10,15-17)12-6(3)4/h5-6H,1-4H3,(H,7,8). The van der Waals surface area contributed by atoms with Gasteiger partial charge < -0.3 is 4.89 Å². The van der Waals surface area contributed by atoms with Crippen molar-refractivity contribution < 1.29 is 40.6 Å². The molecule has 1 fully saturated rings. The van der Waals surface area contributed by atoms with Crippen LogP contribution in [0, 0.1) is 0 Å². The van der Waals surface area contributed by atoms with Gasteiger partial charge in [0.1, 0.15) is 0 Å². The van der Waals surface area contributed by atoms with E-state index in [4.69, 9.17) is 9.05 Å². The quantitative estimate of drug-likeness (QED) is 0.777. The minimum atomic E-state index is -4.84. The summed E-state index contributed by atoms with van der Waals surface area (Å²) in [5.41, 5.74) is 0. The summed E-state index contributed by atoms with van der Waals surface area (Å²) in [5.74, 6) is 0. The minimum absolute atomic E-state index is 0.651. The normalized spacial score (nSPS) is 41.5. The van der Waals surface area contributed by atoms with E-state index >= 15 is 0 Å². The molecule has 0 aromatic rings. The van der Waals surface area contributed by atoms with Gasteiger partial charge >= 0.3 is 23.5 Å². The molecule has 0 aromatic carbocycles. The molecular formula is C6H15O9P3. The van der Waals surface area contributed by atoms with Crippen LogP contribution in [0.5, 0.6) is 0 Å². The van der Waals surface area contributed by atoms with Gasteiger partial charge in [0.05, 0.1) is 12.2 Å².